The predicted octanol–water partition coefficient (Wildman–Crippen LogP) is 1.58. The largest absolute Gasteiger partial charge is 0.480 e. The molecule has 0 radical (unpaired) electrons. The second kappa shape index (κ2) is 6.40. The molecule has 0 spiro atoms. The van der Waals surface area contributed by atoms with Gasteiger partial charge >= 0.3 is 5.97 Å². The molecular weight excluding hydrogens is 296 g/mol. The van der Waals surface area contributed by atoms with Crippen LogP contribution in [0.3, 0.4) is 0 Å². The second-order valence-corrected chi connectivity index (χ2v) is 6.15. The van der Waals surface area contributed by atoms with E-state index in [1.165, 1.54) is 4.90 Å². The molecule has 0 saturated carbocycles. The molecule has 2 heterocycles. The molecule has 1 aromatic rings. The number of carbonyl (C=O) groups excluding carboxylic acids is 2. The molecule has 1 atom stereocenters. The van der Waals surface area contributed by atoms with Crippen molar-refractivity contribution in [2.24, 2.45) is 0 Å². The number of amides is 2. The van der Waals surface area contributed by atoms with E-state index in [0.717, 1.165) is 29.7 Å². The zero-order chi connectivity index (χ0) is 16.4. The summed E-state index contributed by atoms with van der Waals surface area (Å²) in [5, 5.41) is 11.9. The summed E-state index contributed by atoms with van der Waals surface area (Å²) in [5.41, 5.74) is 2.98. The Kier molecular flexibility index (Phi) is 4.32. The third-order valence-corrected chi connectivity index (χ3v) is 4.51. The van der Waals surface area contributed by atoms with E-state index in [1.807, 2.05) is 18.2 Å². The fourth-order valence-corrected chi connectivity index (χ4v) is 3.35. The van der Waals surface area contributed by atoms with E-state index >= 15 is 0 Å². The minimum Gasteiger partial charge on any atom is -0.480 e. The Balaban J connectivity index is 1.52. The van der Waals surface area contributed by atoms with Gasteiger partial charge in [-0.15, -0.1) is 0 Å². The SMILES string of the molecule is O=C1Cc2cc(CCCC(=O)N3CCC[C@H]3C(=O)O)ccc2N1. The zero-order valence-electron chi connectivity index (χ0n) is 12.9. The molecule has 1 saturated heterocycles. The first-order valence-corrected chi connectivity index (χ1v) is 7.98. The summed E-state index contributed by atoms with van der Waals surface area (Å²) in [4.78, 5) is 36.1. The standard InChI is InChI=1S/C17H20N2O4/c20-15-10-12-9-11(6-7-13(12)18-15)3-1-5-16(21)19-8-2-4-14(19)17(22)23/h6-7,9,14H,1-5,8,10H2,(H,18,20)(H,22,23)/t14-/m0/s1. The Hall–Kier alpha value is -2.37. The number of rotatable bonds is 5. The molecule has 2 amide bonds. The highest BCUT2D eigenvalue weighted by Crippen LogP contribution is 2.25. The third kappa shape index (κ3) is 3.36. The number of hydrogen-bond acceptors (Lipinski definition) is 3. The van der Waals surface area contributed by atoms with Gasteiger partial charge in [-0.25, -0.2) is 4.79 Å². The molecule has 0 aromatic heterocycles. The van der Waals surface area contributed by atoms with Gasteiger partial charge in [-0.2, -0.15) is 0 Å². The van der Waals surface area contributed by atoms with Gasteiger partial charge in [0, 0.05) is 18.7 Å². The van der Waals surface area contributed by atoms with Crippen LogP contribution in [0.5, 0.6) is 0 Å². The molecule has 3 rings (SSSR count). The predicted molar refractivity (Wildman–Crippen MR) is 84.1 cm³/mol. The molecule has 1 fully saturated rings. The Bertz CT molecular complexity index is 656. The Morgan fingerprint density at radius 3 is 2.96 bits per heavy atom. The minimum atomic E-state index is -0.911. The normalized spacial score (nSPS) is 19.6. The molecule has 0 unspecified atom stereocenters. The van der Waals surface area contributed by atoms with Crippen LogP contribution in [0.25, 0.3) is 0 Å². The summed E-state index contributed by atoms with van der Waals surface area (Å²) in [7, 11) is 0. The minimum absolute atomic E-state index is 0.0149. The first kappa shape index (κ1) is 15.5. The van der Waals surface area contributed by atoms with Crippen LogP contribution in [0, 0.1) is 0 Å². The van der Waals surface area contributed by atoms with Gasteiger partial charge in [-0.05, 0) is 42.9 Å². The topological polar surface area (TPSA) is 86.7 Å². The third-order valence-electron chi connectivity index (χ3n) is 4.51. The van der Waals surface area contributed by atoms with Crippen molar-refractivity contribution in [3.05, 3.63) is 29.3 Å². The first-order chi connectivity index (χ1) is 11.0. The van der Waals surface area contributed by atoms with Crippen LogP contribution in [-0.4, -0.2) is 40.4 Å². The average Bonchev–Trinajstić information content (AvgIpc) is 3.11. The van der Waals surface area contributed by atoms with Gasteiger partial charge in [0.25, 0.3) is 0 Å². The Morgan fingerprint density at radius 1 is 1.35 bits per heavy atom. The van der Waals surface area contributed by atoms with Crippen LogP contribution >= 0.6 is 0 Å². The van der Waals surface area contributed by atoms with Crippen LogP contribution in [0.2, 0.25) is 0 Å². The van der Waals surface area contributed by atoms with E-state index in [0.29, 0.717) is 32.2 Å². The van der Waals surface area contributed by atoms with E-state index < -0.39 is 12.0 Å². The number of anilines is 1. The van der Waals surface area contributed by atoms with E-state index in [9.17, 15) is 14.4 Å². The smallest absolute Gasteiger partial charge is 0.326 e. The lowest BCUT2D eigenvalue weighted by atomic mass is 10.0. The number of aryl methyl sites for hydroxylation is 1. The van der Waals surface area contributed by atoms with Gasteiger partial charge in [0.2, 0.25) is 11.8 Å². The van der Waals surface area contributed by atoms with Crippen molar-refractivity contribution in [3.63, 3.8) is 0 Å². The molecule has 6 nitrogen and oxygen atoms in total. The van der Waals surface area contributed by atoms with Crippen LogP contribution < -0.4 is 5.32 Å². The van der Waals surface area contributed by atoms with Crippen LogP contribution in [0.15, 0.2) is 18.2 Å². The summed E-state index contributed by atoms with van der Waals surface area (Å²) in [5.74, 6) is -0.972. The van der Waals surface area contributed by atoms with E-state index in [4.69, 9.17) is 5.11 Å². The average molecular weight is 316 g/mol. The fourth-order valence-electron chi connectivity index (χ4n) is 3.35. The molecule has 2 aliphatic rings. The number of benzene rings is 1. The van der Waals surface area contributed by atoms with Crippen molar-refractivity contribution in [2.75, 3.05) is 11.9 Å². The summed E-state index contributed by atoms with van der Waals surface area (Å²) in [6.45, 7) is 0.544. The summed E-state index contributed by atoms with van der Waals surface area (Å²) >= 11 is 0. The van der Waals surface area contributed by atoms with E-state index in [2.05, 4.69) is 5.32 Å². The van der Waals surface area contributed by atoms with Gasteiger partial charge < -0.3 is 15.3 Å². The number of carbonyl (C=O) groups is 3. The number of aliphatic carboxylic acids is 1. The molecule has 0 aliphatic carbocycles. The second-order valence-electron chi connectivity index (χ2n) is 6.15. The molecule has 2 aliphatic heterocycles. The highest BCUT2D eigenvalue weighted by Gasteiger charge is 2.33. The molecule has 6 heteroatoms. The van der Waals surface area contributed by atoms with Crippen LogP contribution in [0.1, 0.15) is 36.8 Å². The number of carboxylic acid groups (broad SMARTS) is 1. The van der Waals surface area contributed by atoms with Crippen molar-refractivity contribution < 1.29 is 19.5 Å². The van der Waals surface area contributed by atoms with Crippen molar-refractivity contribution in [1.82, 2.24) is 4.90 Å². The Morgan fingerprint density at radius 2 is 2.17 bits per heavy atom. The first-order valence-electron chi connectivity index (χ1n) is 7.98. The number of fused-ring (bicyclic) bond motifs is 1. The lowest BCUT2D eigenvalue weighted by Gasteiger charge is -2.21. The monoisotopic (exact) mass is 316 g/mol. The van der Waals surface area contributed by atoms with Crippen molar-refractivity contribution in [1.29, 1.82) is 0 Å². The van der Waals surface area contributed by atoms with Gasteiger partial charge in [0.05, 0.1) is 6.42 Å². The van der Waals surface area contributed by atoms with E-state index in [-0.39, 0.29) is 11.8 Å². The van der Waals surface area contributed by atoms with Crippen molar-refractivity contribution >= 4 is 23.5 Å². The molecular formula is C17H20N2O4. The quantitative estimate of drug-likeness (QED) is 0.863. The summed E-state index contributed by atoms with van der Waals surface area (Å²) < 4.78 is 0. The van der Waals surface area contributed by atoms with Crippen molar-refractivity contribution in [2.45, 2.75) is 44.6 Å². The van der Waals surface area contributed by atoms with Gasteiger partial charge in [-0.1, -0.05) is 12.1 Å². The molecule has 23 heavy (non-hydrogen) atoms. The van der Waals surface area contributed by atoms with Crippen molar-refractivity contribution in [3.8, 4) is 0 Å². The lowest BCUT2D eigenvalue weighted by Crippen LogP contribution is -2.40. The lowest BCUT2D eigenvalue weighted by molar-refractivity contribution is -0.148. The van der Waals surface area contributed by atoms with Gasteiger partial charge in [0.1, 0.15) is 6.04 Å². The van der Waals surface area contributed by atoms with Gasteiger partial charge in [-0.3, -0.25) is 9.59 Å². The maximum Gasteiger partial charge on any atom is 0.326 e. The fraction of sp³-hybridized carbons (Fsp3) is 0.471. The maximum atomic E-state index is 12.2. The Labute approximate surface area is 134 Å². The highest BCUT2D eigenvalue weighted by atomic mass is 16.4. The summed E-state index contributed by atoms with van der Waals surface area (Å²) in [6.07, 6.45) is 3.51. The number of hydrogen-bond donors (Lipinski definition) is 2. The van der Waals surface area contributed by atoms with Crippen LogP contribution in [-0.2, 0) is 27.2 Å². The van der Waals surface area contributed by atoms with E-state index in [1.54, 1.807) is 0 Å². The number of nitrogens with one attached hydrogen (secondary N) is 1. The molecule has 1 aromatic carbocycles. The molecule has 2 N–H and O–H groups in total. The zero-order valence-corrected chi connectivity index (χ0v) is 12.9. The summed E-state index contributed by atoms with van der Waals surface area (Å²) in [6, 6.07) is 5.22. The van der Waals surface area contributed by atoms with Gasteiger partial charge in [0.15, 0.2) is 0 Å². The number of carboxylic acids is 1. The maximum absolute atomic E-state index is 12.2. The number of likely N-dealkylation sites (tertiary alicyclic amines) is 1. The highest BCUT2D eigenvalue weighted by molar-refractivity contribution is 5.99. The molecule has 122 valence electrons. The number of nitrogens with zero attached hydrogens (tertiary/aromatic N) is 1. The molecule has 0 bridgehead atoms. The van der Waals surface area contributed by atoms with Crippen LogP contribution in [0.4, 0.5) is 5.69 Å².